The highest BCUT2D eigenvalue weighted by molar-refractivity contribution is 8.14. The topological polar surface area (TPSA) is 29.4 Å². The Labute approximate surface area is 126 Å². The monoisotopic (exact) mass is 351 g/mol. The molecule has 0 amide bonds. The second-order valence-corrected chi connectivity index (χ2v) is 12.2. The van der Waals surface area contributed by atoms with E-state index in [2.05, 4.69) is 4.52 Å². The molecule has 19 heavy (non-hydrogen) atoms. The first-order valence-electron chi connectivity index (χ1n) is 5.36. The van der Waals surface area contributed by atoms with Crippen LogP contribution in [0.25, 0.3) is 0 Å². The largest absolute Gasteiger partial charge is 0.364 e. The van der Waals surface area contributed by atoms with Crippen molar-refractivity contribution in [3.8, 4) is 0 Å². The summed E-state index contributed by atoms with van der Waals surface area (Å²) in [6.07, 6.45) is -2.73. The summed E-state index contributed by atoms with van der Waals surface area (Å²) < 4.78 is 15.7. The van der Waals surface area contributed by atoms with Crippen LogP contribution in [0.5, 0.6) is 0 Å². The normalized spacial score (nSPS) is 12.2. The Kier molecular flexibility index (Phi) is 4.82. The van der Waals surface area contributed by atoms with Gasteiger partial charge < -0.3 is 0 Å². The van der Waals surface area contributed by atoms with Gasteiger partial charge in [0.25, 0.3) is 0 Å². The zero-order chi connectivity index (χ0) is 13.9. The highest BCUT2D eigenvalue weighted by atomic mass is 35.9. The van der Waals surface area contributed by atoms with Crippen molar-refractivity contribution >= 4 is 56.7 Å². The Hall–Kier alpha value is -0.230. The molecular formula is C12H10Cl3NOP2. The van der Waals surface area contributed by atoms with Crippen molar-refractivity contribution in [2.24, 2.45) is 4.52 Å². The zero-order valence-corrected chi connectivity index (χ0v) is 13.7. The molecule has 0 aliphatic heterocycles. The van der Waals surface area contributed by atoms with E-state index in [0.717, 1.165) is 10.6 Å². The van der Waals surface area contributed by atoms with Crippen molar-refractivity contribution in [2.45, 2.75) is 0 Å². The molecule has 0 aromatic heterocycles. The van der Waals surface area contributed by atoms with Gasteiger partial charge in [0.1, 0.15) is 6.41 Å². The number of nitrogens with zero attached hydrogens (tertiary/aromatic N) is 1. The van der Waals surface area contributed by atoms with Gasteiger partial charge in [-0.3, -0.25) is 4.57 Å². The molecule has 7 heteroatoms. The van der Waals surface area contributed by atoms with Crippen molar-refractivity contribution in [1.29, 1.82) is 0 Å². The molecule has 0 heterocycles. The molecule has 0 unspecified atom stereocenters. The van der Waals surface area contributed by atoms with Gasteiger partial charge in [0.05, 0.1) is 0 Å². The van der Waals surface area contributed by atoms with Crippen LogP contribution in [0.2, 0.25) is 0 Å². The van der Waals surface area contributed by atoms with Gasteiger partial charge in [0.15, 0.2) is 0 Å². The predicted octanol–water partition coefficient (Wildman–Crippen LogP) is 5.58. The lowest BCUT2D eigenvalue weighted by atomic mass is 10.4. The number of hydrogen-bond donors (Lipinski definition) is 0. The van der Waals surface area contributed by atoms with Crippen LogP contribution in [0.4, 0.5) is 0 Å². The van der Waals surface area contributed by atoms with Crippen LogP contribution in [0.1, 0.15) is 0 Å². The zero-order valence-electron chi connectivity index (χ0n) is 9.66. The summed E-state index contributed by atoms with van der Waals surface area (Å²) in [5, 5.41) is 1.54. The Morgan fingerprint density at radius 2 is 1.11 bits per heavy atom. The Morgan fingerprint density at radius 1 is 0.737 bits per heavy atom. The first kappa shape index (κ1) is 15.2. The van der Waals surface area contributed by atoms with E-state index in [1.807, 2.05) is 60.7 Å². The summed E-state index contributed by atoms with van der Waals surface area (Å²) in [5.74, 6) is -3.63. The fourth-order valence-electron chi connectivity index (χ4n) is 1.65. The minimum atomic E-state index is -3.63. The Morgan fingerprint density at radius 3 is 1.42 bits per heavy atom. The van der Waals surface area contributed by atoms with E-state index in [4.69, 9.17) is 33.7 Å². The molecule has 0 aliphatic rings. The molecule has 2 nitrogen and oxygen atoms in total. The highest BCUT2D eigenvalue weighted by Crippen LogP contribution is 2.68. The van der Waals surface area contributed by atoms with E-state index >= 15 is 0 Å². The summed E-state index contributed by atoms with van der Waals surface area (Å²) in [5.41, 5.74) is 0. The lowest BCUT2D eigenvalue weighted by Crippen LogP contribution is -2.11. The van der Waals surface area contributed by atoms with E-state index in [1.54, 1.807) is 0 Å². The van der Waals surface area contributed by atoms with Gasteiger partial charge in [0.2, 0.25) is 0 Å². The van der Waals surface area contributed by atoms with Crippen LogP contribution in [-0.2, 0) is 4.57 Å². The third-order valence-corrected chi connectivity index (χ3v) is 9.20. The molecule has 2 rings (SSSR count). The lowest BCUT2D eigenvalue weighted by molar-refractivity contribution is 0.594. The summed E-state index contributed by atoms with van der Waals surface area (Å²) in [4.78, 5) is 0. The molecule has 2 aromatic carbocycles. The van der Waals surface area contributed by atoms with Crippen molar-refractivity contribution in [1.82, 2.24) is 0 Å². The second kappa shape index (κ2) is 6.04. The first-order chi connectivity index (χ1) is 8.92. The molecule has 0 N–H and O–H groups in total. The SMILES string of the molecule is O=P(Cl)(Cl)N=P(Cl)(c1ccccc1)c1ccccc1. The lowest BCUT2D eigenvalue weighted by Gasteiger charge is -2.18. The number of halogens is 3. The van der Waals surface area contributed by atoms with Crippen molar-refractivity contribution in [3.05, 3.63) is 60.7 Å². The maximum Gasteiger partial charge on any atom is 0.364 e. The fraction of sp³-hybridized carbons (Fsp3) is 0. The van der Waals surface area contributed by atoms with Gasteiger partial charge in [-0.1, -0.05) is 71.9 Å². The van der Waals surface area contributed by atoms with Crippen molar-refractivity contribution < 1.29 is 4.57 Å². The maximum absolute atomic E-state index is 11.7. The smallest absolute Gasteiger partial charge is 0.262 e. The molecule has 0 radical (unpaired) electrons. The van der Waals surface area contributed by atoms with Gasteiger partial charge in [-0.2, -0.15) is 4.52 Å². The molecule has 0 aliphatic carbocycles. The van der Waals surface area contributed by atoms with E-state index < -0.39 is 12.4 Å². The standard InChI is InChI=1S/C12H10Cl3NOP2/c13-18(16-19(14,15)17,11-7-3-1-4-8-11)12-9-5-2-6-10-12/h1-10H. The Bertz CT molecular complexity index is 612. The molecule has 0 saturated carbocycles. The van der Waals surface area contributed by atoms with E-state index in [9.17, 15) is 4.57 Å². The number of benzene rings is 2. The van der Waals surface area contributed by atoms with Crippen molar-refractivity contribution in [2.75, 3.05) is 0 Å². The average Bonchev–Trinajstić information content (AvgIpc) is 2.39. The van der Waals surface area contributed by atoms with Crippen LogP contribution in [-0.4, -0.2) is 0 Å². The second-order valence-electron chi connectivity index (χ2n) is 3.75. The van der Waals surface area contributed by atoms with Crippen molar-refractivity contribution in [3.63, 3.8) is 0 Å². The van der Waals surface area contributed by atoms with Gasteiger partial charge in [-0.05, 0) is 22.5 Å². The minimum absolute atomic E-state index is 0.768. The molecule has 0 fully saturated rings. The molecule has 0 spiro atoms. The summed E-state index contributed by atoms with van der Waals surface area (Å²) >= 11 is 17.9. The maximum atomic E-state index is 11.7. The first-order valence-corrected chi connectivity index (χ1v) is 11.5. The molecule has 0 bridgehead atoms. The summed E-state index contributed by atoms with van der Waals surface area (Å²) in [6.45, 7) is 0. The van der Waals surface area contributed by atoms with E-state index in [-0.39, 0.29) is 0 Å². The van der Waals surface area contributed by atoms with Crippen LogP contribution < -0.4 is 10.6 Å². The van der Waals surface area contributed by atoms with Gasteiger partial charge in [-0.15, -0.1) is 0 Å². The van der Waals surface area contributed by atoms with Gasteiger partial charge >= 0.3 is 6.00 Å². The highest BCUT2D eigenvalue weighted by Gasteiger charge is 2.26. The molecule has 2 aromatic rings. The minimum Gasteiger partial charge on any atom is -0.262 e. The quantitative estimate of drug-likeness (QED) is 0.663. The van der Waals surface area contributed by atoms with E-state index in [0.29, 0.717) is 0 Å². The van der Waals surface area contributed by atoms with Crippen LogP contribution in [0.15, 0.2) is 65.2 Å². The Balaban J connectivity index is 2.72. The molecule has 100 valence electrons. The number of rotatable bonds is 3. The molecule has 0 atom stereocenters. The fourth-order valence-corrected chi connectivity index (χ4v) is 9.04. The van der Waals surface area contributed by atoms with Gasteiger partial charge in [0, 0.05) is 10.6 Å². The number of hydrogen-bond acceptors (Lipinski definition) is 1. The summed E-state index contributed by atoms with van der Waals surface area (Å²) in [7, 11) is 0. The molecular weight excluding hydrogens is 342 g/mol. The third-order valence-electron chi connectivity index (χ3n) is 2.42. The summed E-state index contributed by atoms with van der Waals surface area (Å²) in [6, 6.07) is 18.5. The average molecular weight is 353 g/mol. The predicted molar refractivity (Wildman–Crippen MR) is 86.7 cm³/mol. The van der Waals surface area contributed by atoms with E-state index in [1.165, 1.54) is 0 Å². The van der Waals surface area contributed by atoms with Crippen LogP contribution in [0.3, 0.4) is 0 Å². The third kappa shape index (κ3) is 3.88. The van der Waals surface area contributed by atoms with Crippen LogP contribution >= 0.6 is 46.1 Å². The van der Waals surface area contributed by atoms with Gasteiger partial charge in [-0.25, -0.2) is 0 Å². The molecule has 0 saturated heterocycles. The van der Waals surface area contributed by atoms with Crippen LogP contribution in [0, 0.1) is 0 Å².